The monoisotopic (exact) mass is 361 g/mol. The summed E-state index contributed by atoms with van der Waals surface area (Å²) in [6, 6.07) is 18.6. The van der Waals surface area contributed by atoms with Gasteiger partial charge in [-0.3, -0.25) is 4.99 Å². The summed E-state index contributed by atoms with van der Waals surface area (Å²) in [5.74, 6) is 1.92. The van der Waals surface area contributed by atoms with Gasteiger partial charge in [0.05, 0.1) is 0 Å². The molecule has 0 atom stereocenters. The molecule has 0 amide bonds. The van der Waals surface area contributed by atoms with Gasteiger partial charge in [0.2, 0.25) is 0 Å². The number of nitrogens with two attached hydrogens (primary N) is 1. The highest BCUT2D eigenvalue weighted by molar-refractivity contribution is 5.92. The fourth-order valence-corrected chi connectivity index (χ4v) is 2.93. The molecule has 0 aliphatic heterocycles. The quantitative estimate of drug-likeness (QED) is 0.493. The number of hydrogen-bond acceptors (Lipinski definition) is 2. The van der Waals surface area contributed by atoms with Crippen LogP contribution in [0.25, 0.3) is 0 Å². The maximum atomic E-state index is 6.04. The minimum absolute atomic E-state index is 0.428. The van der Waals surface area contributed by atoms with Gasteiger partial charge in [0.1, 0.15) is 5.82 Å². The molecule has 0 aliphatic carbocycles. The number of rotatable bonds is 7. The number of imidazole rings is 1. The first kappa shape index (κ1) is 18.7. The average molecular weight is 361 g/mol. The van der Waals surface area contributed by atoms with Crippen LogP contribution < -0.4 is 11.1 Å². The zero-order valence-electron chi connectivity index (χ0n) is 16.0. The molecule has 0 saturated heterocycles. The summed E-state index contributed by atoms with van der Waals surface area (Å²) in [5.41, 5.74) is 9.54. The molecule has 0 spiro atoms. The van der Waals surface area contributed by atoms with Crippen molar-refractivity contribution in [3.63, 3.8) is 0 Å². The molecule has 3 rings (SSSR count). The third-order valence-electron chi connectivity index (χ3n) is 4.44. The summed E-state index contributed by atoms with van der Waals surface area (Å²) in [6.45, 7) is 5.76. The van der Waals surface area contributed by atoms with Gasteiger partial charge in [0.15, 0.2) is 5.96 Å². The molecule has 3 N–H and O–H groups in total. The molecule has 27 heavy (non-hydrogen) atoms. The Balaban J connectivity index is 1.56. The van der Waals surface area contributed by atoms with Crippen molar-refractivity contribution < 1.29 is 0 Å². The number of nitrogens with zero attached hydrogens (tertiary/aromatic N) is 3. The lowest BCUT2D eigenvalue weighted by molar-refractivity contribution is 0.716. The van der Waals surface area contributed by atoms with Crippen LogP contribution in [0.15, 0.2) is 72.0 Å². The van der Waals surface area contributed by atoms with E-state index in [1.54, 1.807) is 0 Å². The Hall–Kier alpha value is -3.08. The summed E-state index contributed by atoms with van der Waals surface area (Å²) >= 11 is 0. The second-order valence-corrected chi connectivity index (χ2v) is 6.88. The van der Waals surface area contributed by atoms with E-state index in [0.29, 0.717) is 18.4 Å². The van der Waals surface area contributed by atoms with E-state index in [9.17, 15) is 0 Å². The molecule has 5 heteroatoms. The minimum atomic E-state index is 0.428. The lowest BCUT2D eigenvalue weighted by Gasteiger charge is -2.10. The summed E-state index contributed by atoms with van der Waals surface area (Å²) < 4.78 is 2.15. The van der Waals surface area contributed by atoms with Gasteiger partial charge < -0.3 is 15.6 Å². The summed E-state index contributed by atoms with van der Waals surface area (Å²) in [6.07, 6.45) is 4.58. The van der Waals surface area contributed by atoms with Crippen LogP contribution >= 0.6 is 0 Å². The first-order valence-corrected chi connectivity index (χ1v) is 9.32. The summed E-state index contributed by atoms with van der Waals surface area (Å²) in [7, 11) is 0. The first-order chi connectivity index (χ1) is 13.1. The third kappa shape index (κ3) is 5.45. The van der Waals surface area contributed by atoms with Crippen molar-refractivity contribution >= 4 is 11.6 Å². The van der Waals surface area contributed by atoms with E-state index in [-0.39, 0.29) is 0 Å². The Labute approximate surface area is 161 Å². The lowest BCUT2D eigenvalue weighted by atomic mass is 10.0. The maximum absolute atomic E-state index is 6.04. The van der Waals surface area contributed by atoms with Gasteiger partial charge in [-0.25, -0.2) is 4.98 Å². The molecule has 1 aromatic heterocycles. The van der Waals surface area contributed by atoms with Gasteiger partial charge in [-0.2, -0.15) is 0 Å². The number of anilines is 1. The molecule has 0 fully saturated rings. The van der Waals surface area contributed by atoms with E-state index in [0.717, 1.165) is 24.5 Å². The highest BCUT2D eigenvalue weighted by Crippen LogP contribution is 2.18. The normalized spacial score (nSPS) is 11.7. The Bertz CT molecular complexity index is 880. The van der Waals surface area contributed by atoms with Crippen molar-refractivity contribution in [2.45, 2.75) is 32.7 Å². The largest absolute Gasteiger partial charge is 0.370 e. The van der Waals surface area contributed by atoms with Gasteiger partial charge in [0, 0.05) is 37.6 Å². The van der Waals surface area contributed by atoms with Crippen LogP contribution in [0.3, 0.4) is 0 Å². The predicted octanol–water partition coefficient (Wildman–Crippen LogP) is 4.02. The molecule has 3 aromatic rings. The molecule has 2 aromatic carbocycles. The van der Waals surface area contributed by atoms with Gasteiger partial charge in [0.25, 0.3) is 0 Å². The SMILES string of the molecule is CC(C)c1cccc(NC(N)=NCCc2nccn2Cc2ccccc2)c1. The van der Waals surface area contributed by atoms with Crippen molar-refractivity contribution in [1.82, 2.24) is 9.55 Å². The zero-order chi connectivity index (χ0) is 19.1. The van der Waals surface area contributed by atoms with Crippen LogP contribution in [-0.4, -0.2) is 22.1 Å². The molecule has 0 bridgehead atoms. The molecule has 140 valence electrons. The Morgan fingerprint density at radius 2 is 1.96 bits per heavy atom. The Morgan fingerprint density at radius 1 is 1.15 bits per heavy atom. The topological polar surface area (TPSA) is 68.2 Å². The third-order valence-corrected chi connectivity index (χ3v) is 4.44. The first-order valence-electron chi connectivity index (χ1n) is 9.32. The van der Waals surface area contributed by atoms with E-state index < -0.39 is 0 Å². The molecule has 0 unspecified atom stereocenters. The Morgan fingerprint density at radius 3 is 2.74 bits per heavy atom. The predicted molar refractivity (Wildman–Crippen MR) is 112 cm³/mol. The zero-order valence-corrected chi connectivity index (χ0v) is 16.0. The van der Waals surface area contributed by atoms with Gasteiger partial charge in [-0.15, -0.1) is 0 Å². The van der Waals surface area contributed by atoms with Crippen LogP contribution in [0.5, 0.6) is 0 Å². The minimum Gasteiger partial charge on any atom is -0.370 e. The molecular formula is C22H27N5. The smallest absolute Gasteiger partial charge is 0.193 e. The highest BCUT2D eigenvalue weighted by atomic mass is 15.1. The van der Waals surface area contributed by atoms with Crippen molar-refractivity contribution in [3.05, 3.63) is 83.9 Å². The number of hydrogen-bond donors (Lipinski definition) is 2. The van der Waals surface area contributed by atoms with Crippen LogP contribution in [-0.2, 0) is 13.0 Å². The lowest BCUT2D eigenvalue weighted by Crippen LogP contribution is -2.23. The molecule has 5 nitrogen and oxygen atoms in total. The second-order valence-electron chi connectivity index (χ2n) is 6.88. The fraction of sp³-hybridized carbons (Fsp3) is 0.273. The van der Waals surface area contributed by atoms with Crippen molar-refractivity contribution in [3.8, 4) is 0 Å². The van der Waals surface area contributed by atoms with Crippen molar-refractivity contribution in [2.75, 3.05) is 11.9 Å². The van der Waals surface area contributed by atoms with Crippen LogP contribution in [0.1, 0.15) is 36.7 Å². The summed E-state index contributed by atoms with van der Waals surface area (Å²) in [5, 5.41) is 3.17. The molecule has 0 aliphatic rings. The van der Waals surface area contributed by atoms with Crippen LogP contribution in [0.4, 0.5) is 5.69 Å². The summed E-state index contributed by atoms with van der Waals surface area (Å²) in [4.78, 5) is 8.90. The van der Waals surface area contributed by atoms with Gasteiger partial charge in [-0.05, 0) is 29.2 Å². The molecule has 1 heterocycles. The average Bonchev–Trinajstić information content (AvgIpc) is 3.10. The number of benzene rings is 2. The number of guanidine groups is 1. The van der Waals surface area contributed by atoms with Gasteiger partial charge >= 0.3 is 0 Å². The molecule has 0 radical (unpaired) electrons. The second kappa shape index (κ2) is 9.03. The number of aromatic nitrogens is 2. The standard InChI is InChI=1S/C22H27N5/c1-17(2)19-9-6-10-20(15-19)26-22(23)25-12-11-21-24-13-14-27(21)16-18-7-4-3-5-8-18/h3-10,13-15,17H,11-12,16H2,1-2H3,(H3,23,25,26). The Kier molecular flexibility index (Phi) is 6.26. The molecule has 0 saturated carbocycles. The maximum Gasteiger partial charge on any atom is 0.193 e. The number of aliphatic imine (C=N–C) groups is 1. The van der Waals surface area contributed by atoms with Gasteiger partial charge in [-0.1, -0.05) is 56.3 Å². The van der Waals surface area contributed by atoms with E-state index in [4.69, 9.17) is 5.73 Å². The van der Waals surface area contributed by atoms with Crippen molar-refractivity contribution in [2.24, 2.45) is 10.7 Å². The van der Waals surface area contributed by atoms with E-state index in [1.165, 1.54) is 11.1 Å². The van der Waals surface area contributed by atoms with E-state index >= 15 is 0 Å². The van der Waals surface area contributed by atoms with Crippen molar-refractivity contribution in [1.29, 1.82) is 0 Å². The van der Waals surface area contributed by atoms with E-state index in [1.807, 2.05) is 30.6 Å². The molecular weight excluding hydrogens is 334 g/mol. The van der Waals surface area contributed by atoms with Crippen LogP contribution in [0, 0.1) is 0 Å². The number of nitrogens with one attached hydrogen (secondary N) is 1. The highest BCUT2D eigenvalue weighted by Gasteiger charge is 2.04. The fourth-order valence-electron chi connectivity index (χ4n) is 2.93. The van der Waals surface area contributed by atoms with E-state index in [2.05, 4.69) is 70.1 Å². The van der Waals surface area contributed by atoms with Crippen LogP contribution in [0.2, 0.25) is 0 Å².